The van der Waals surface area contributed by atoms with E-state index in [4.69, 9.17) is 14.2 Å². The van der Waals surface area contributed by atoms with Crippen LogP contribution in [0.1, 0.15) is 34.5 Å². The number of carbonyl (C=O) groups excluding carboxylic acids is 2. The summed E-state index contributed by atoms with van der Waals surface area (Å²) in [6, 6.07) is 8.28. The van der Waals surface area contributed by atoms with Gasteiger partial charge in [0.1, 0.15) is 23.9 Å². The third kappa shape index (κ3) is 5.84. The van der Waals surface area contributed by atoms with Crippen LogP contribution in [0.3, 0.4) is 0 Å². The number of tetrazole rings is 1. The predicted molar refractivity (Wildman–Crippen MR) is 131 cm³/mol. The number of pyridine rings is 1. The Bertz CT molecular complexity index is 1260. The molecule has 0 saturated heterocycles. The van der Waals surface area contributed by atoms with Gasteiger partial charge < -0.3 is 29.5 Å². The Morgan fingerprint density at radius 3 is 2.78 bits per heavy atom. The van der Waals surface area contributed by atoms with Crippen LogP contribution < -0.4 is 10.1 Å². The third-order valence-corrected chi connectivity index (χ3v) is 5.94. The molecule has 0 fully saturated rings. The predicted octanol–water partition coefficient (Wildman–Crippen LogP) is 1.69. The molecule has 0 saturated carbocycles. The lowest BCUT2D eigenvalue weighted by Gasteiger charge is -2.29. The Balaban J connectivity index is 1.54. The monoisotopic (exact) mass is 511 g/mol. The van der Waals surface area contributed by atoms with Crippen molar-refractivity contribution in [2.75, 3.05) is 45.9 Å². The van der Waals surface area contributed by atoms with Gasteiger partial charge >= 0.3 is 6.09 Å². The number of aromatic nitrogens is 5. The Labute approximate surface area is 213 Å². The largest absolute Gasteiger partial charge is 0.496 e. The Morgan fingerprint density at radius 2 is 2.03 bits per heavy atom. The van der Waals surface area contributed by atoms with Crippen molar-refractivity contribution >= 4 is 17.8 Å². The van der Waals surface area contributed by atoms with Crippen molar-refractivity contribution in [3.8, 4) is 17.3 Å². The minimum atomic E-state index is -0.427. The fraction of sp³-hybridized carbons (Fsp3) is 0.417. The van der Waals surface area contributed by atoms with E-state index in [9.17, 15) is 14.7 Å². The number of methoxy groups -OCH3 is 2. The van der Waals surface area contributed by atoms with Gasteiger partial charge in [0, 0.05) is 20.2 Å². The summed E-state index contributed by atoms with van der Waals surface area (Å²) < 4.78 is 17.1. The molecule has 0 spiro atoms. The lowest BCUT2D eigenvalue weighted by molar-refractivity contribution is 0.0688. The van der Waals surface area contributed by atoms with Gasteiger partial charge in [-0.2, -0.15) is 0 Å². The van der Waals surface area contributed by atoms with Crippen LogP contribution >= 0.6 is 0 Å². The van der Waals surface area contributed by atoms with Crippen molar-refractivity contribution in [2.24, 2.45) is 0 Å². The number of amides is 2. The summed E-state index contributed by atoms with van der Waals surface area (Å²) in [5.74, 6) is 0.648. The standard InChI is InChI=1S/C24H29N7O6/c1-15(14-32)31-22(27-28-29-31)19-5-4-6-21(25-19)26-23(33)18-11-17-13-30(24(34)37-10-9-35-2)8-7-16(17)12-20(18)36-3/h4-6,11-12,15,32H,7-10,13-14H2,1-3H3,(H,25,26,33)/t15-/m1/s1. The third-order valence-electron chi connectivity index (χ3n) is 5.94. The van der Waals surface area contributed by atoms with Crippen LogP contribution in [-0.4, -0.2) is 87.8 Å². The second-order valence-electron chi connectivity index (χ2n) is 8.44. The van der Waals surface area contributed by atoms with Crippen LogP contribution in [0.2, 0.25) is 0 Å². The minimum absolute atomic E-state index is 0.144. The number of ether oxygens (including phenoxy) is 3. The summed E-state index contributed by atoms with van der Waals surface area (Å²) in [6.07, 6.45) is 0.181. The van der Waals surface area contributed by atoms with Gasteiger partial charge in [-0.25, -0.2) is 14.5 Å². The molecule has 0 aliphatic carbocycles. The van der Waals surface area contributed by atoms with Crippen molar-refractivity contribution in [2.45, 2.75) is 25.9 Å². The molecule has 2 amide bonds. The van der Waals surface area contributed by atoms with Gasteiger partial charge in [0.2, 0.25) is 5.82 Å². The summed E-state index contributed by atoms with van der Waals surface area (Å²) in [6.45, 7) is 2.93. The Hall–Kier alpha value is -4.10. The number of aliphatic hydroxyl groups excluding tert-OH is 1. The highest BCUT2D eigenvalue weighted by Crippen LogP contribution is 2.29. The molecular weight excluding hydrogens is 482 g/mol. The van der Waals surface area contributed by atoms with Crippen LogP contribution in [0.15, 0.2) is 30.3 Å². The van der Waals surface area contributed by atoms with E-state index in [-0.39, 0.29) is 25.1 Å². The van der Waals surface area contributed by atoms with Gasteiger partial charge in [0.15, 0.2) is 0 Å². The molecular formula is C24H29N7O6. The van der Waals surface area contributed by atoms with Gasteiger partial charge in [-0.1, -0.05) is 6.07 Å². The molecule has 3 heterocycles. The second-order valence-corrected chi connectivity index (χ2v) is 8.44. The first-order valence-electron chi connectivity index (χ1n) is 11.7. The SMILES string of the molecule is COCCOC(=O)N1CCc2cc(OC)c(C(=O)Nc3cccc(-c4nnnn4[C@H](C)CO)n3)cc2C1. The molecule has 13 nitrogen and oxygen atoms in total. The van der Waals surface area contributed by atoms with Crippen molar-refractivity contribution in [1.29, 1.82) is 0 Å². The van der Waals surface area contributed by atoms with Gasteiger partial charge in [0.05, 0.1) is 31.9 Å². The second kappa shape index (κ2) is 11.8. The van der Waals surface area contributed by atoms with Crippen LogP contribution in [-0.2, 0) is 22.4 Å². The van der Waals surface area contributed by atoms with Crippen LogP contribution in [0, 0.1) is 0 Å². The molecule has 2 N–H and O–H groups in total. The molecule has 0 unspecified atom stereocenters. The smallest absolute Gasteiger partial charge is 0.410 e. The molecule has 1 atom stereocenters. The molecule has 0 radical (unpaired) electrons. The van der Waals surface area contributed by atoms with E-state index in [1.165, 1.54) is 18.9 Å². The maximum Gasteiger partial charge on any atom is 0.410 e. The first kappa shape index (κ1) is 26.0. The average molecular weight is 512 g/mol. The Morgan fingerprint density at radius 1 is 1.19 bits per heavy atom. The molecule has 37 heavy (non-hydrogen) atoms. The lowest BCUT2D eigenvalue weighted by atomic mass is 9.96. The molecule has 4 rings (SSSR count). The molecule has 0 bridgehead atoms. The lowest BCUT2D eigenvalue weighted by Crippen LogP contribution is -2.37. The van der Waals surface area contributed by atoms with E-state index in [0.717, 1.165) is 11.1 Å². The number of hydrogen-bond acceptors (Lipinski definition) is 10. The fourth-order valence-electron chi connectivity index (χ4n) is 3.94. The van der Waals surface area contributed by atoms with Crippen molar-refractivity contribution in [1.82, 2.24) is 30.1 Å². The van der Waals surface area contributed by atoms with Gasteiger partial charge in [-0.15, -0.1) is 5.10 Å². The number of fused-ring (bicyclic) bond motifs is 1. The topological polar surface area (TPSA) is 154 Å². The zero-order chi connectivity index (χ0) is 26.4. The van der Waals surface area contributed by atoms with E-state index in [1.807, 2.05) is 6.07 Å². The van der Waals surface area contributed by atoms with Gasteiger partial charge in [-0.05, 0) is 59.2 Å². The number of anilines is 1. The van der Waals surface area contributed by atoms with Crippen molar-refractivity contribution < 1.29 is 28.9 Å². The van der Waals surface area contributed by atoms with Crippen molar-refractivity contribution in [3.63, 3.8) is 0 Å². The fourth-order valence-corrected chi connectivity index (χ4v) is 3.94. The zero-order valence-electron chi connectivity index (χ0n) is 20.9. The zero-order valence-corrected chi connectivity index (χ0v) is 20.9. The number of carbonyl (C=O) groups is 2. The maximum absolute atomic E-state index is 13.3. The van der Waals surface area contributed by atoms with Crippen LogP contribution in [0.5, 0.6) is 5.75 Å². The highest BCUT2D eigenvalue weighted by atomic mass is 16.6. The average Bonchev–Trinajstić information content (AvgIpc) is 3.42. The molecule has 13 heteroatoms. The summed E-state index contributed by atoms with van der Waals surface area (Å²) in [7, 11) is 3.04. The van der Waals surface area contributed by atoms with Crippen molar-refractivity contribution in [3.05, 3.63) is 47.0 Å². The highest BCUT2D eigenvalue weighted by molar-refractivity contribution is 6.06. The number of rotatable bonds is 9. The van der Waals surface area contributed by atoms with E-state index >= 15 is 0 Å². The number of nitrogens with one attached hydrogen (secondary N) is 1. The Kier molecular flexibility index (Phi) is 8.25. The summed E-state index contributed by atoms with van der Waals surface area (Å²) >= 11 is 0. The highest BCUT2D eigenvalue weighted by Gasteiger charge is 2.25. The molecule has 2 aromatic heterocycles. The molecule has 1 aliphatic rings. The normalized spacial score (nSPS) is 13.6. The van der Waals surface area contributed by atoms with Gasteiger partial charge in [0.25, 0.3) is 5.91 Å². The summed E-state index contributed by atoms with van der Waals surface area (Å²) in [4.78, 5) is 31.7. The van der Waals surface area contributed by atoms with Crippen LogP contribution in [0.25, 0.3) is 11.5 Å². The van der Waals surface area contributed by atoms with Crippen LogP contribution in [0.4, 0.5) is 10.6 Å². The molecule has 196 valence electrons. The van der Waals surface area contributed by atoms with E-state index in [0.29, 0.717) is 48.9 Å². The summed E-state index contributed by atoms with van der Waals surface area (Å²) in [5, 5.41) is 23.9. The maximum atomic E-state index is 13.3. The number of aliphatic hydroxyl groups is 1. The molecule has 3 aromatic rings. The number of benzene rings is 1. The van der Waals surface area contributed by atoms with Gasteiger partial charge in [-0.3, -0.25) is 4.79 Å². The number of nitrogens with zero attached hydrogens (tertiary/aromatic N) is 6. The molecule has 1 aromatic carbocycles. The first-order chi connectivity index (χ1) is 17.9. The summed E-state index contributed by atoms with van der Waals surface area (Å²) in [5.41, 5.74) is 2.57. The number of hydrogen-bond donors (Lipinski definition) is 2. The van der Waals surface area contributed by atoms with E-state index in [2.05, 4.69) is 25.8 Å². The van der Waals surface area contributed by atoms with E-state index < -0.39 is 12.0 Å². The first-order valence-corrected chi connectivity index (χ1v) is 11.7. The van der Waals surface area contributed by atoms with E-state index in [1.54, 1.807) is 36.1 Å². The molecule has 1 aliphatic heterocycles. The quantitative estimate of drug-likeness (QED) is 0.406. The minimum Gasteiger partial charge on any atom is -0.496 e.